The molecule has 0 aliphatic heterocycles. The van der Waals surface area contributed by atoms with Gasteiger partial charge >= 0.3 is 0 Å². The van der Waals surface area contributed by atoms with Crippen LogP contribution in [0, 0.1) is 6.92 Å². The zero-order chi connectivity index (χ0) is 27.4. The molecule has 38 heavy (non-hydrogen) atoms. The number of carbonyl (C=O) groups is 1. The molecular formula is C29H29Cl2N5OS. The summed E-state index contributed by atoms with van der Waals surface area (Å²) in [5.41, 5.74) is 8.31. The molecule has 0 unspecified atom stereocenters. The number of aromatic nitrogens is 3. The molecule has 1 N–H and O–H groups in total. The van der Waals surface area contributed by atoms with Crippen molar-refractivity contribution in [3.05, 3.63) is 93.5 Å². The van der Waals surface area contributed by atoms with Gasteiger partial charge < -0.3 is 0 Å². The fraction of sp³-hybridized carbons (Fsp3) is 0.241. The van der Waals surface area contributed by atoms with Gasteiger partial charge in [0.1, 0.15) is 0 Å². The first-order valence-electron chi connectivity index (χ1n) is 12.1. The maximum absolute atomic E-state index is 12.6. The van der Waals surface area contributed by atoms with Crippen LogP contribution in [0.25, 0.3) is 17.1 Å². The van der Waals surface area contributed by atoms with Crippen LogP contribution in [0.2, 0.25) is 10.0 Å². The van der Waals surface area contributed by atoms with Gasteiger partial charge in [-0.3, -0.25) is 9.36 Å². The minimum absolute atomic E-state index is 0.0538. The monoisotopic (exact) mass is 565 g/mol. The van der Waals surface area contributed by atoms with Crippen LogP contribution < -0.4 is 5.43 Å². The van der Waals surface area contributed by atoms with Crippen LogP contribution in [-0.2, 0) is 10.2 Å². The number of nitrogens with zero attached hydrogens (tertiary/aromatic N) is 4. The van der Waals surface area contributed by atoms with E-state index in [1.165, 1.54) is 17.3 Å². The highest BCUT2D eigenvalue weighted by Crippen LogP contribution is 2.30. The van der Waals surface area contributed by atoms with Crippen LogP contribution in [0.15, 0.2) is 77.0 Å². The summed E-state index contributed by atoms with van der Waals surface area (Å²) in [6, 6.07) is 21.7. The van der Waals surface area contributed by atoms with E-state index >= 15 is 0 Å². The van der Waals surface area contributed by atoms with Crippen molar-refractivity contribution in [2.45, 2.75) is 45.2 Å². The molecular weight excluding hydrogens is 537 g/mol. The normalized spacial score (nSPS) is 12.0. The zero-order valence-corrected chi connectivity index (χ0v) is 24.2. The number of hydrogen-bond acceptors (Lipinski definition) is 5. The van der Waals surface area contributed by atoms with Crippen molar-refractivity contribution < 1.29 is 4.79 Å². The number of hydrazone groups is 1. The fourth-order valence-electron chi connectivity index (χ4n) is 3.69. The molecule has 0 atom stereocenters. The number of halogens is 2. The minimum atomic E-state index is -0.260. The molecule has 0 bridgehead atoms. The number of aryl methyl sites for hydroxylation is 1. The first kappa shape index (κ1) is 27.9. The fourth-order valence-corrected chi connectivity index (χ4v) is 4.73. The molecule has 6 nitrogen and oxygen atoms in total. The Morgan fingerprint density at radius 3 is 2.29 bits per heavy atom. The average molecular weight is 567 g/mol. The van der Waals surface area contributed by atoms with Gasteiger partial charge in [-0.15, -0.1) is 10.2 Å². The Hall–Kier alpha value is -3.13. The molecule has 0 fully saturated rings. The van der Waals surface area contributed by atoms with E-state index < -0.39 is 0 Å². The average Bonchev–Trinajstić information content (AvgIpc) is 3.31. The number of carbonyl (C=O) groups excluding carboxylic acids is 1. The van der Waals surface area contributed by atoms with E-state index in [0.717, 1.165) is 22.4 Å². The van der Waals surface area contributed by atoms with Crippen molar-refractivity contribution in [2.24, 2.45) is 5.10 Å². The van der Waals surface area contributed by atoms with E-state index in [2.05, 4.69) is 65.8 Å². The molecule has 1 amide bonds. The van der Waals surface area contributed by atoms with Gasteiger partial charge in [-0.05, 0) is 54.7 Å². The van der Waals surface area contributed by atoms with Crippen LogP contribution in [0.3, 0.4) is 0 Å². The molecule has 196 valence electrons. The van der Waals surface area contributed by atoms with Crippen molar-refractivity contribution >= 4 is 46.6 Å². The summed E-state index contributed by atoms with van der Waals surface area (Å²) in [6.07, 6.45) is 0. The minimum Gasteiger partial charge on any atom is -0.272 e. The highest BCUT2D eigenvalue weighted by Gasteiger charge is 2.19. The molecule has 4 aromatic rings. The molecule has 3 aromatic carbocycles. The number of hydrogen-bond donors (Lipinski definition) is 1. The molecule has 0 aliphatic carbocycles. The van der Waals surface area contributed by atoms with Crippen LogP contribution in [-0.4, -0.2) is 32.1 Å². The third-order valence-electron chi connectivity index (χ3n) is 5.95. The predicted octanol–water partition coefficient (Wildman–Crippen LogP) is 7.48. The molecule has 0 saturated heterocycles. The Morgan fingerprint density at radius 2 is 1.66 bits per heavy atom. The third kappa shape index (κ3) is 6.65. The molecule has 0 saturated carbocycles. The maximum Gasteiger partial charge on any atom is 0.250 e. The molecule has 0 spiro atoms. The highest BCUT2D eigenvalue weighted by atomic mass is 35.5. The number of rotatable bonds is 7. The van der Waals surface area contributed by atoms with Crippen molar-refractivity contribution in [3.8, 4) is 17.1 Å². The highest BCUT2D eigenvalue weighted by molar-refractivity contribution is 7.99. The lowest BCUT2D eigenvalue weighted by Gasteiger charge is -2.19. The summed E-state index contributed by atoms with van der Waals surface area (Å²) in [5, 5.41) is 14.6. The van der Waals surface area contributed by atoms with Crippen LogP contribution in [0.5, 0.6) is 0 Å². The first-order valence-corrected chi connectivity index (χ1v) is 13.8. The van der Waals surface area contributed by atoms with Gasteiger partial charge in [0.25, 0.3) is 5.91 Å². The van der Waals surface area contributed by atoms with E-state index in [-0.39, 0.29) is 17.1 Å². The van der Waals surface area contributed by atoms with E-state index in [4.69, 9.17) is 23.2 Å². The molecule has 0 radical (unpaired) electrons. The van der Waals surface area contributed by atoms with Gasteiger partial charge in [0.15, 0.2) is 11.0 Å². The van der Waals surface area contributed by atoms with Crippen LogP contribution in [0.4, 0.5) is 0 Å². The summed E-state index contributed by atoms with van der Waals surface area (Å²) in [4.78, 5) is 12.6. The van der Waals surface area contributed by atoms with Gasteiger partial charge in [0.2, 0.25) is 0 Å². The second kappa shape index (κ2) is 11.7. The number of nitrogens with one attached hydrogen (secondary N) is 1. The maximum atomic E-state index is 12.6. The Labute approximate surface area is 237 Å². The van der Waals surface area contributed by atoms with Crippen molar-refractivity contribution in [1.29, 1.82) is 0 Å². The third-order valence-corrected chi connectivity index (χ3v) is 7.62. The van der Waals surface area contributed by atoms with E-state index in [1.807, 2.05) is 35.8 Å². The van der Waals surface area contributed by atoms with Gasteiger partial charge in [-0.1, -0.05) is 104 Å². The summed E-state index contributed by atoms with van der Waals surface area (Å²) in [7, 11) is 0. The number of benzene rings is 3. The molecule has 9 heteroatoms. The van der Waals surface area contributed by atoms with E-state index in [9.17, 15) is 4.79 Å². The standard InChI is InChI=1S/C29H29Cl2N5OS/c1-18-6-13-23(14-7-18)36-27(20-8-11-22(12-9-20)29(3,4)5)34-35-28(36)38-17-26(37)33-32-19(2)21-10-15-24(30)25(31)16-21/h6-16H,17H2,1-5H3,(H,33,37). The lowest BCUT2D eigenvalue weighted by molar-refractivity contribution is -0.118. The van der Waals surface area contributed by atoms with Crippen LogP contribution >= 0.6 is 35.0 Å². The molecule has 1 aromatic heterocycles. The lowest BCUT2D eigenvalue weighted by atomic mass is 9.87. The Kier molecular flexibility index (Phi) is 8.61. The summed E-state index contributed by atoms with van der Waals surface area (Å²) >= 11 is 13.4. The van der Waals surface area contributed by atoms with E-state index in [0.29, 0.717) is 26.7 Å². The number of amides is 1. The Bertz CT molecular complexity index is 1470. The van der Waals surface area contributed by atoms with Crippen LogP contribution in [0.1, 0.15) is 44.4 Å². The topological polar surface area (TPSA) is 72.2 Å². The summed E-state index contributed by atoms with van der Waals surface area (Å²) in [6.45, 7) is 10.4. The van der Waals surface area contributed by atoms with Crippen molar-refractivity contribution in [2.75, 3.05) is 5.75 Å². The smallest absolute Gasteiger partial charge is 0.250 e. The van der Waals surface area contributed by atoms with Crippen molar-refractivity contribution in [3.63, 3.8) is 0 Å². The van der Waals surface area contributed by atoms with Gasteiger partial charge in [-0.25, -0.2) is 5.43 Å². The summed E-state index contributed by atoms with van der Waals surface area (Å²) in [5.74, 6) is 0.570. The second-order valence-corrected chi connectivity index (χ2v) is 11.7. The number of thioether (sulfide) groups is 1. The Balaban J connectivity index is 1.55. The molecule has 0 aliphatic rings. The predicted molar refractivity (Wildman–Crippen MR) is 158 cm³/mol. The van der Waals surface area contributed by atoms with E-state index in [1.54, 1.807) is 25.1 Å². The molecule has 1 heterocycles. The zero-order valence-electron chi connectivity index (χ0n) is 21.9. The van der Waals surface area contributed by atoms with Gasteiger partial charge in [-0.2, -0.15) is 5.10 Å². The van der Waals surface area contributed by atoms with Crippen molar-refractivity contribution in [1.82, 2.24) is 20.2 Å². The lowest BCUT2D eigenvalue weighted by Crippen LogP contribution is -2.21. The van der Waals surface area contributed by atoms with Gasteiger partial charge in [0.05, 0.1) is 21.5 Å². The second-order valence-electron chi connectivity index (χ2n) is 9.95. The quantitative estimate of drug-likeness (QED) is 0.143. The largest absolute Gasteiger partial charge is 0.272 e. The Morgan fingerprint density at radius 1 is 0.974 bits per heavy atom. The van der Waals surface area contributed by atoms with Gasteiger partial charge in [0, 0.05) is 11.3 Å². The summed E-state index contributed by atoms with van der Waals surface area (Å²) < 4.78 is 1.98. The molecule has 4 rings (SSSR count). The SMILES string of the molecule is CC(=NNC(=O)CSc1nnc(-c2ccc(C(C)(C)C)cc2)n1-c1ccc(C)cc1)c1ccc(Cl)c(Cl)c1. The first-order chi connectivity index (χ1) is 18.0.